The molecule has 1 aliphatic rings. The van der Waals surface area contributed by atoms with E-state index in [1.807, 2.05) is 69.3 Å². The van der Waals surface area contributed by atoms with Gasteiger partial charge in [-0.3, -0.25) is 14.4 Å². The summed E-state index contributed by atoms with van der Waals surface area (Å²) in [4.78, 5) is 39.9. The summed E-state index contributed by atoms with van der Waals surface area (Å²) in [6.45, 7) is 5.68. The van der Waals surface area contributed by atoms with Crippen molar-refractivity contribution in [3.05, 3.63) is 100 Å². The second-order valence-corrected chi connectivity index (χ2v) is 7.60. The minimum atomic E-state index is -0.408. The van der Waals surface area contributed by atoms with E-state index in [9.17, 15) is 14.4 Å². The zero-order chi connectivity index (χ0) is 21.4. The lowest BCUT2D eigenvalue weighted by molar-refractivity contribution is 0.0921. The van der Waals surface area contributed by atoms with E-state index in [2.05, 4.69) is 5.32 Å². The average molecular weight is 398 g/mol. The Bertz CT molecular complexity index is 1170. The van der Waals surface area contributed by atoms with Crippen molar-refractivity contribution < 1.29 is 14.4 Å². The molecule has 150 valence electrons. The van der Waals surface area contributed by atoms with Crippen molar-refractivity contribution in [2.24, 2.45) is 0 Å². The van der Waals surface area contributed by atoms with Crippen LogP contribution in [0.4, 0.5) is 5.69 Å². The highest BCUT2D eigenvalue weighted by molar-refractivity contribution is 6.35. The number of carbonyl (C=O) groups is 3. The normalized spacial score (nSPS) is 13.9. The van der Waals surface area contributed by atoms with Crippen LogP contribution in [0.15, 0.2) is 66.7 Å². The number of rotatable bonds is 4. The van der Waals surface area contributed by atoms with E-state index >= 15 is 0 Å². The van der Waals surface area contributed by atoms with E-state index in [0.717, 1.165) is 16.7 Å². The summed E-state index contributed by atoms with van der Waals surface area (Å²) in [5.41, 5.74) is 4.27. The topological polar surface area (TPSA) is 66.5 Å². The molecule has 4 rings (SSSR count). The van der Waals surface area contributed by atoms with Crippen LogP contribution < -0.4 is 10.2 Å². The minimum Gasteiger partial charge on any atom is -0.346 e. The van der Waals surface area contributed by atoms with E-state index in [1.54, 1.807) is 12.1 Å². The first-order chi connectivity index (χ1) is 14.4. The van der Waals surface area contributed by atoms with Gasteiger partial charge < -0.3 is 5.32 Å². The number of nitrogens with one attached hydrogen (secondary N) is 1. The number of anilines is 1. The summed E-state index contributed by atoms with van der Waals surface area (Å²) < 4.78 is 0. The largest absolute Gasteiger partial charge is 0.346 e. The smallest absolute Gasteiger partial charge is 0.266 e. The summed E-state index contributed by atoms with van der Waals surface area (Å²) in [7, 11) is 0. The van der Waals surface area contributed by atoms with Gasteiger partial charge in [-0.15, -0.1) is 0 Å². The molecule has 0 fully saturated rings. The Morgan fingerprint density at radius 2 is 1.57 bits per heavy atom. The van der Waals surface area contributed by atoms with Crippen LogP contribution in [0.3, 0.4) is 0 Å². The highest BCUT2D eigenvalue weighted by Crippen LogP contribution is 2.31. The maximum atomic E-state index is 13.1. The van der Waals surface area contributed by atoms with Gasteiger partial charge in [0.2, 0.25) is 0 Å². The van der Waals surface area contributed by atoms with Crippen LogP contribution in [0, 0.1) is 13.8 Å². The highest BCUT2D eigenvalue weighted by Gasteiger charge is 2.37. The molecule has 5 nitrogen and oxygen atoms in total. The van der Waals surface area contributed by atoms with E-state index < -0.39 is 5.91 Å². The summed E-state index contributed by atoms with van der Waals surface area (Å²) in [5.74, 6) is -1.07. The average Bonchev–Trinajstić information content (AvgIpc) is 3.00. The van der Waals surface area contributed by atoms with Gasteiger partial charge in [0.1, 0.15) is 0 Å². The predicted octanol–water partition coefficient (Wildman–Crippen LogP) is 4.60. The molecule has 1 unspecified atom stereocenters. The first-order valence-electron chi connectivity index (χ1n) is 9.82. The second-order valence-electron chi connectivity index (χ2n) is 7.60. The number of hydrogen-bond donors (Lipinski definition) is 1. The third-order valence-corrected chi connectivity index (χ3v) is 5.40. The molecule has 0 saturated heterocycles. The number of benzene rings is 3. The number of hydrogen-bond acceptors (Lipinski definition) is 3. The summed E-state index contributed by atoms with van der Waals surface area (Å²) >= 11 is 0. The van der Waals surface area contributed by atoms with Crippen LogP contribution in [0.5, 0.6) is 0 Å². The van der Waals surface area contributed by atoms with Crippen molar-refractivity contribution in [3.63, 3.8) is 0 Å². The Hall–Kier alpha value is -3.73. The molecule has 0 bridgehead atoms. The Morgan fingerprint density at radius 3 is 2.30 bits per heavy atom. The van der Waals surface area contributed by atoms with Crippen LogP contribution in [0.1, 0.15) is 60.7 Å². The van der Waals surface area contributed by atoms with Crippen molar-refractivity contribution in [2.75, 3.05) is 4.90 Å². The van der Waals surface area contributed by atoms with Gasteiger partial charge in [-0.2, -0.15) is 0 Å². The van der Waals surface area contributed by atoms with Gasteiger partial charge in [0.05, 0.1) is 22.9 Å². The molecule has 0 aromatic heterocycles. The van der Waals surface area contributed by atoms with Crippen molar-refractivity contribution in [1.82, 2.24) is 5.32 Å². The molecule has 0 spiro atoms. The molecule has 1 atom stereocenters. The van der Waals surface area contributed by atoms with Gasteiger partial charge in [-0.05, 0) is 61.7 Å². The third kappa shape index (κ3) is 3.39. The zero-order valence-electron chi connectivity index (χ0n) is 17.1. The van der Waals surface area contributed by atoms with Crippen LogP contribution in [-0.2, 0) is 0 Å². The molecular formula is C25H22N2O3. The fraction of sp³-hybridized carbons (Fsp3) is 0.160. The van der Waals surface area contributed by atoms with Crippen molar-refractivity contribution >= 4 is 23.4 Å². The summed E-state index contributed by atoms with van der Waals surface area (Å²) in [6.07, 6.45) is 0. The SMILES string of the molecule is Cc1ccc(C)c(N2C(=O)c3ccc(C(=O)NC(C)c4ccccc4)cc3C2=O)c1. The van der Waals surface area contributed by atoms with Gasteiger partial charge in [0, 0.05) is 5.56 Å². The number of amides is 3. The van der Waals surface area contributed by atoms with Gasteiger partial charge in [0.25, 0.3) is 17.7 Å². The van der Waals surface area contributed by atoms with Gasteiger partial charge in [-0.1, -0.05) is 42.5 Å². The molecule has 3 aromatic carbocycles. The fourth-order valence-electron chi connectivity index (χ4n) is 3.67. The number of aryl methyl sites for hydroxylation is 2. The van der Waals surface area contributed by atoms with E-state index in [1.165, 1.54) is 11.0 Å². The van der Waals surface area contributed by atoms with Crippen LogP contribution in [0.25, 0.3) is 0 Å². The molecule has 1 aliphatic heterocycles. The Balaban J connectivity index is 1.62. The summed E-state index contributed by atoms with van der Waals surface area (Å²) in [5, 5.41) is 2.94. The Kier molecular flexibility index (Phi) is 4.96. The van der Waals surface area contributed by atoms with Crippen molar-refractivity contribution in [2.45, 2.75) is 26.8 Å². The number of carbonyl (C=O) groups excluding carboxylic acids is 3. The summed E-state index contributed by atoms with van der Waals surface area (Å²) in [6, 6.07) is 19.8. The molecule has 0 aliphatic carbocycles. The molecule has 3 aromatic rings. The monoisotopic (exact) mass is 398 g/mol. The molecule has 5 heteroatoms. The van der Waals surface area contributed by atoms with Gasteiger partial charge in [0.15, 0.2) is 0 Å². The quantitative estimate of drug-likeness (QED) is 0.654. The number of imide groups is 1. The molecule has 1 heterocycles. The first kappa shape index (κ1) is 19.6. The Labute approximate surface area is 175 Å². The molecule has 0 radical (unpaired) electrons. The first-order valence-corrected chi connectivity index (χ1v) is 9.82. The zero-order valence-corrected chi connectivity index (χ0v) is 17.1. The minimum absolute atomic E-state index is 0.185. The lowest BCUT2D eigenvalue weighted by atomic mass is 10.0. The lowest BCUT2D eigenvalue weighted by Crippen LogP contribution is -2.30. The fourth-order valence-corrected chi connectivity index (χ4v) is 3.67. The molecule has 30 heavy (non-hydrogen) atoms. The number of fused-ring (bicyclic) bond motifs is 1. The maximum absolute atomic E-state index is 13.1. The van der Waals surface area contributed by atoms with Crippen LogP contribution in [-0.4, -0.2) is 17.7 Å². The molecule has 0 saturated carbocycles. The van der Waals surface area contributed by atoms with Gasteiger partial charge >= 0.3 is 0 Å². The van der Waals surface area contributed by atoms with Crippen molar-refractivity contribution in [3.8, 4) is 0 Å². The molecule has 3 amide bonds. The maximum Gasteiger partial charge on any atom is 0.266 e. The highest BCUT2D eigenvalue weighted by atomic mass is 16.2. The predicted molar refractivity (Wildman–Crippen MR) is 116 cm³/mol. The second kappa shape index (κ2) is 7.59. The molecule has 1 N–H and O–H groups in total. The number of nitrogens with zero attached hydrogens (tertiary/aromatic N) is 1. The van der Waals surface area contributed by atoms with Crippen LogP contribution in [0.2, 0.25) is 0 Å². The van der Waals surface area contributed by atoms with E-state index in [-0.39, 0.29) is 23.4 Å². The van der Waals surface area contributed by atoms with Gasteiger partial charge in [-0.25, -0.2) is 4.90 Å². The van der Waals surface area contributed by atoms with Crippen LogP contribution >= 0.6 is 0 Å². The Morgan fingerprint density at radius 1 is 0.867 bits per heavy atom. The third-order valence-electron chi connectivity index (χ3n) is 5.40. The van der Waals surface area contributed by atoms with Crippen molar-refractivity contribution in [1.29, 1.82) is 0 Å². The van der Waals surface area contributed by atoms with E-state index in [0.29, 0.717) is 16.8 Å². The molecular weight excluding hydrogens is 376 g/mol. The lowest BCUT2D eigenvalue weighted by Gasteiger charge is -2.17. The standard InChI is InChI=1S/C25H22N2O3/c1-15-9-10-16(2)22(13-15)27-24(29)20-12-11-19(14-21(20)25(27)30)23(28)26-17(3)18-7-5-4-6-8-18/h4-14,17H,1-3H3,(H,26,28). The van der Waals surface area contributed by atoms with E-state index in [4.69, 9.17) is 0 Å².